The molecule has 0 saturated carbocycles. The van der Waals surface area contributed by atoms with Gasteiger partial charge < -0.3 is 10.1 Å². The van der Waals surface area contributed by atoms with Crippen molar-refractivity contribution in [2.75, 3.05) is 0 Å². The lowest BCUT2D eigenvalue weighted by molar-refractivity contribution is -0.137. The zero-order valence-corrected chi connectivity index (χ0v) is 7.92. The van der Waals surface area contributed by atoms with Crippen LogP contribution >= 0.6 is 0 Å². The van der Waals surface area contributed by atoms with Crippen LogP contribution in [0.15, 0.2) is 43.0 Å². The highest BCUT2D eigenvalue weighted by atomic mass is 16.4. The molecule has 76 valence electrons. The van der Waals surface area contributed by atoms with E-state index in [4.69, 9.17) is 5.11 Å². The number of aromatic amines is 1. The fraction of sp³-hybridized carbons (Fsp3) is 0.0909. The zero-order chi connectivity index (χ0) is 10.7. The molecule has 2 N–H and O–H groups in total. The molecule has 0 fully saturated rings. The Labute approximate surface area is 86.6 Å². The molecule has 2 aromatic rings. The Kier molecular flexibility index (Phi) is 2.49. The summed E-state index contributed by atoms with van der Waals surface area (Å²) in [6.07, 6.45) is 6.60. The summed E-state index contributed by atoms with van der Waals surface area (Å²) in [5, 5.41) is 9.16. The largest absolute Gasteiger partial charge is 0.481 e. The van der Waals surface area contributed by atoms with Gasteiger partial charge in [-0.15, -0.1) is 0 Å². The molecule has 4 nitrogen and oxygen atoms in total. The average molecular weight is 202 g/mol. The minimum Gasteiger partial charge on any atom is -0.481 e. The smallest absolute Gasteiger partial charge is 0.315 e. The normalized spacial score (nSPS) is 12.3. The fourth-order valence-corrected chi connectivity index (χ4v) is 1.54. The number of carbonyl (C=O) groups is 1. The number of hydrogen-bond acceptors (Lipinski definition) is 2. The van der Waals surface area contributed by atoms with E-state index in [2.05, 4.69) is 9.97 Å². The van der Waals surface area contributed by atoms with Gasteiger partial charge in [-0.05, 0) is 23.3 Å². The van der Waals surface area contributed by atoms with Crippen LogP contribution in [0.25, 0.3) is 0 Å². The summed E-state index contributed by atoms with van der Waals surface area (Å²) in [7, 11) is 0. The molecule has 0 aliphatic rings. The van der Waals surface area contributed by atoms with E-state index in [1.165, 1.54) is 0 Å². The van der Waals surface area contributed by atoms with Gasteiger partial charge in [-0.1, -0.05) is 6.07 Å². The number of H-pyrrole nitrogens is 1. The minimum atomic E-state index is -0.873. The lowest BCUT2D eigenvalue weighted by Crippen LogP contribution is -2.12. The summed E-state index contributed by atoms with van der Waals surface area (Å²) in [5.41, 5.74) is 1.42. The number of aliphatic carboxylic acids is 1. The number of hydrogen-bond donors (Lipinski definition) is 2. The molecule has 0 aromatic carbocycles. The zero-order valence-electron chi connectivity index (χ0n) is 7.92. The lowest BCUT2D eigenvalue weighted by Gasteiger charge is -2.09. The molecule has 15 heavy (non-hydrogen) atoms. The van der Waals surface area contributed by atoms with Gasteiger partial charge in [0.2, 0.25) is 0 Å². The van der Waals surface area contributed by atoms with Crippen LogP contribution in [0.3, 0.4) is 0 Å². The molecule has 0 amide bonds. The highest BCUT2D eigenvalue weighted by molar-refractivity contribution is 5.80. The molecule has 0 aliphatic heterocycles. The van der Waals surface area contributed by atoms with Gasteiger partial charge in [0.25, 0.3) is 0 Å². The van der Waals surface area contributed by atoms with Crippen molar-refractivity contribution in [1.82, 2.24) is 9.97 Å². The molecule has 0 spiro atoms. The van der Waals surface area contributed by atoms with Crippen molar-refractivity contribution >= 4 is 5.97 Å². The SMILES string of the molecule is O=C(O)C(c1cccnc1)c1cc[nH]c1. The molecule has 0 bridgehead atoms. The third-order valence-electron chi connectivity index (χ3n) is 2.22. The van der Waals surface area contributed by atoms with E-state index in [0.717, 1.165) is 5.56 Å². The average Bonchev–Trinajstić information content (AvgIpc) is 2.72. The van der Waals surface area contributed by atoms with Crippen LogP contribution in [0, 0.1) is 0 Å². The van der Waals surface area contributed by atoms with E-state index in [1.54, 1.807) is 43.0 Å². The van der Waals surface area contributed by atoms with Crippen molar-refractivity contribution in [3.8, 4) is 0 Å². The number of nitrogens with zero attached hydrogens (tertiary/aromatic N) is 1. The van der Waals surface area contributed by atoms with Crippen molar-refractivity contribution in [2.24, 2.45) is 0 Å². The third-order valence-corrected chi connectivity index (χ3v) is 2.22. The predicted octanol–water partition coefficient (Wildman–Crippen LogP) is 1.63. The number of aromatic nitrogens is 2. The van der Waals surface area contributed by atoms with Gasteiger partial charge in [0, 0.05) is 24.8 Å². The first kappa shape index (κ1) is 9.45. The van der Waals surface area contributed by atoms with Gasteiger partial charge in [-0.2, -0.15) is 0 Å². The molecular formula is C11H10N2O2. The first-order chi connectivity index (χ1) is 7.29. The summed E-state index contributed by atoms with van der Waals surface area (Å²) in [5.74, 6) is -1.52. The van der Waals surface area contributed by atoms with Crippen LogP contribution in [0.4, 0.5) is 0 Å². The van der Waals surface area contributed by atoms with Crippen LogP contribution in [0.2, 0.25) is 0 Å². The minimum absolute atomic E-state index is 0.648. The topological polar surface area (TPSA) is 66.0 Å². The predicted molar refractivity (Wildman–Crippen MR) is 54.5 cm³/mol. The standard InChI is InChI=1S/C11H10N2O2/c14-11(15)10(9-3-5-13-7-9)8-2-1-4-12-6-8/h1-7,10,13H,(H,14,15). The van der Waals surface area contributed by atoms with E-state index in [0.29, 0.717) is 5.56 Å². The van der Waals surface area contributed by atoms with Crippen molar-refractivity contribution < 1.29 is 9.90 Å². The van der Waals surface area contributed by atoms with Crippen LogP contribution < -0.4 is 0 Å². The van der Waals surface area contributed by atoms with Crippen LogP contribution in [-0.4, -0.2) is 21.0 Å². The number of nitrogens with one attached hydrogen (secondary N) is 1. The van der Waals surface area contributed by atoms with Crippen molar-refractivity contribution in [1.29, 1.82) is 0 Å². The van der Waals surface area contributed by atoms with Gasteiger partial charge in [0.1, 0.15) is 5.92 Å². The molecule has 2 rings (SSSR count). The van der Waals surface area contributed by atoms with Crippen molar-refractivity contribution in [3.63, 3.8) is 0 Å². The summed E-state index contributed by atoms with van der Waals surface area (Å²) < 4.78 is 0. The quantitative estimate of drug-likeness (QED) is 0.794. The van der Waals surface area contributed by atoms with Crippen molar-refractivity contribution in [3.05, 3.63) is 54.1 Å². The Hall–Kier alpha value is -2.10. The first-order valence-corrected chi connectivity index (χ1v) is 4.54. The van der Waals surface area contributed by atoms with Gasteiger partial charge >= 0.3 is 5.97 Å². The van der Waals surface area contributed by atoms with Crippen molar-refractivity contribution in [2.45, 2.75) is 5.92 Å². The second kappa shape index (κ2) is 3.96. The van der Waals surface area contributed by atoms with E-state index in [1.807, 2.05) is 0 Å². The van der Waals surface area contributed by atoms with E-state index >= 15 is 0 Å². The third kappa shape index (κ3) is 1.88. The van der Waals surface area contributed by atoms with E-state index < -0.39 is 11.9 Å². The first-order valence-electron chi connectivity index (χ1n) is 4.54. The van der Waals surface area contributed by atoms with Crippen LogP contribution in [-0.2, 0) is 4.79 Å². The molecule has 4 heteroatoms. The molecule has 1 atom stereocenters. The summed E-state index contributed by atoms with van der Waals surface area (Å²) in [4.78, 5) is 17.9. The van der Waals surface area contributed by atoms with Gasteiger partial charge in [-0.25, -0.2) is 0 Å². The maximum absolute atomic E-state index is 11.2. The monoisotopic (exact) mass is 202 g/mol. The summed E-state index contributed by atoms with van der Waals surface area (Å²) in [6, 6.07) is 5.25. The van der Waals surface area contributed by atoms with E-state index in [9.17, 15) is 4.79 Å². The van der Waals surface area contributed by atoms with Crippen LogP contribution in [0.5, 0.6) is 0 Å². The Bertz CT molecular complexity index is 437. The molecule has 0 saturated heterocycles. The Morgan fingerprint density at radius 2 is 2.27 bits per heavy atom. The molecular weight excluding hydrogens is 192 g/mol. The van der Waals surface area contributed by atoms with E-state index in [-0.39, 0.29) is 0 Å². The number of pyridine rings is 1. The highest BCUT2D eigenvalue weighted by Crippen LogP contribution is 2.23. The van der Waals surface area contributed by atoms with Gasteiger partial charge in [0.15, 0.2) is 0 Å². The summed E-state index contributed by atoms with van der Waals surface area (Å²) >= 11 is 0. The Morgan fingerprint density at radius 3 is 2.80 bits per heavy atom. The molecule has 2 aromatic heterocycles. The van der Waals surface area contributed by atoms with Gasteiger partial charge in [0.05, 0.1) is 0 Å². The van der Waals surface area contributed by atoms with Crippen LogP contribution in [0.1, 0.15) is 17.0 Å². The maximum Gasteiger partial charge on any atom is 0.315 e. The molecule has 2 heterocycles. The Morgan fingerprint density at radius 1 is 1.40 bits per heavy atom. The Balaban J connectivity index is 2.42. The maximum atomic E-state index is 11.2. The second-order valence-electron chi connectivity index (χ2n) is 3.20. The van der Waals surface area contributed by atoms with Gasteiger partial charge in [-0.3, -0.25) is 9.78 Å². The molecule has 1 unspecified atom stereocenters. The number of carboxylic acids is 1. The molecule has 0 radical (unpaired) electrons. The molecule has 0 aliphatic carbocycles. The number of carboxylic acid groups (broad SMARTS) is 1. The second-order valence-corrected chi connectivity index (χ2v) is 3.20. The number of rotatable bonds is 3. The highest BCUT2D eigenvalue weighted by Gasteiger charge is 2.22. The summed E-state index contributed by atoms with van der Waals surface area (Å²) in [6.45, 7) is 0. The fourth-order valence-electron chi connectivity index (χ4n) is 1.54. The lowest BCUT2D eigenvalue weighted by atomic mass is 9.95.